The minimum absolute atomic E-state index is 0.0345. The Labute approximate surface area is 188 Å². The van der Waals surface area contributed by atoms with Crippen LogP contribution in [0.3, 0.4) is 0 Å². The second-order valence-electron chi connectivity index (χ2n) is 10.2. The number of ether oxygens (including phenoxy) is 3. The first-order valence-electron chi connectivity index (χ1n) is 11.4. The summed E-state index contributed by atoms with van der Waals surface area (Å²) in [5, 5.41) is 2.52. The zero-order chi connectivity index (χ0) is 22.3. The van der Waals surface area contributed by atoms with E-state index in [-0.39, 0.29) is 29.5 Å². The van der Waals surface area contributed by atoms with Gasteiger partial charge in [0.15, 0.2) is 12.1 Å². The number of hydrogen-bond donors (Lipinski definition) is 0. The average molecular weight is 441 g/mol. The van der Waals surface area contributed by atoms with Crippen LogP contribution in [0.2, 0.25) is 5.04 Å². The predicted octanol–water partition coefficient (Wildman–Crippen LogP) is 4.47. The molecule has 0 aliphatic carbocycles. The quantitative estimate of drug-likeness (QED) is 0.621. The molecule has 2 aliphatic heterocycles. The van der Waals surface area contributed by atoms with Crippen molar-refractivity contribution in [3.05, 3.63) is 60.7 Å². The molecule has 2 aliphatic rings. The maximum Gasteiger partial charge on any atom is 0.261 e. The molecule has 4 rings (SSSR count). The molecule has 0 amide bonds. The minimum atomic E-state index is -2.59. The Morgan fingerprint density at radius 1 is 0.903 bits per heavy atom. The third kappa shape index (κ3) is 4.14. The van der Waals surface area contributed by atoms with Crippen molar-refractivity contribution in [2.75, 3.05) is 6.61 Å². The Morgan fingerprint density at radius 2 is 1.45 bits per heavy atom. The normalized spacial score (nSPS) is 27.9. The average Bonchev–Trinajstić information content (AvgIpc) is 3.19. The molecule has 2 fully saturated rings. The molecule has 31 heavy (non-hydrogen) atoms. The summed E-state index contributed by atoms with van der Waals surface area (Å²) in [7, 11) is -2.59. The fourth-order valence-corrected chi connectivity index (χ4v) is 9.83. The van der Waals surface area contributed by atoms with Gasteiger partial charge in [-0.1, -0.05) is 88.4 Å². The SMILES string of the molecule is CC[C@H]1[C@H]2OC(C)(C)O[C@H]2O[C@@H]1CO[Si](c1ccccc1)(c1ccccc1)C(C)(C)C. The van der Waals surface area contributed by atoms with Gasteiger partial charge < -0.3 is 18.6 Å². The summed E-state index contributed by atoms with van der Waals surface area (Å²) in [6.45, 7) is 13.5. The molecule has 2 heterocycles. The topological polar surface area (TPSA) is 36.9 Å². The number of fused-ring (bicyclic) bond motifs is 1. The van der Waals surface area contributed by atoms with Crippen LogP contribution in [0.5, 0.6) is 0 Å². The van der Waals surface area contributed by atoms with Gasteiger partial charge in [0.1, 0.15) is 6.10 Å². The predicted molar refractivity (Wildman–Crippen MR) is 126 cm³/mol. The van der Waals surface area contributed by atoms with Crippen LogP contribution in [0.4, 0.5) is 0 Å². The molecule has 0 spiro atoms. The first-order valence-corrected chi connectivity index (χ1v) is 13.3. The van der Waals surface area contributed by atoms with Crippen molar-refractivity contribution in [3.63, 3.8) is 0 Å². The molecule has 5 heteroatoms. The maximum absolute atomic E-state index is 7.10. The Hall–Kier alpha value is -1.50. The molecule has 2 saturated heterocycles. The molecular formula is C26H36O4Si. The number of benzene rings is 2. The molecule has 4 atom stereocenters. The number of hydrogen-bond acceptors (Lipinski definition) is 4. The molecule has 0 radical (unpaired) electrons. The summed E-state index contributed by atoms with van der Waals surface area (Å²) < 4.78 is 25.7. The van der Waals surface area contributed by atoms with Gasteiger partial charge in [-0.25, -0.2) is 0 Å². The summed E-state index contributed by atoms with van der Waals surface area (Å²) in [6.07, 6.45) is 0.577. The fraction of sp³-hybridized carbons (Fsp3) is 0.538. The molecule has 2 aromatic carbocycles. The maximum atomic E-state index is 7.10. The Morgan fingerprint density at radius 3 is 1.94 bits per heavy atom. The summed E-state index contributed by atoms with van der Waals surface area (Å²) in [4.78, 5) is 0. The summed E-state index contributed by atoms with van der Waals surface area (Å²) in [5.41, 5.74) is 0. The van der Waals surface area contributed by atoms with Crippen LogP contribution in [-0.2, 0) is 18.6 Å². The smallest absolute Gasteiger partial charge is 0.261 e. The van der Waals surface area contributed by atoms with Crippen molar-refractivity contribution in [3.8, 4) is 0 Å². The lowest BCUT2D eigenvalue weighted by Gasteiger charge is -2.43. The van der Waals surface area contributed by atoms with Gasteiger partial charge in [-0.05, 0) is 35.7 Å². The zero-order valence-corrected chi connectivity index (χ0v) is 20.6. The van der Waals surface area contributed by atoms with E-state index in [1.54, 1.807) is 0 Å². The van der Waals surface area contributed by atoms with Gasteiger partial charge in [-0.3, -0.25) is 0 Å². The largest absolute Gasteiger partial charge is 0.405 e. The zero-order valence-electron chi connectivity index (χ0n) is 19.6. The van der Waals surface area contributed by atoms with E-state index in [2.05, 4.69) is 88.4 Å². The molecule has 0 saturated carbocycles. The third-order valence-corrected chi connectivity index (χ3v) is 11.7. The van der Waals surface area contributed by atoms with Crippen LogP contribution < -0.4 is 10.4 Å². The van der Waals surface area contributed by atoms with Crippen molar-refractivity contribution in [1.82, 2.24) is 0 Å². The molecule has 2 aromatic rings. The first-order chi connectivity index (χ1) is 14.7. The monoisotopic (exact) mass is 440 g/mol. The minimum Gasteiger partial charge on any atom is -0.405 e. The van der Waals surface area contributed by atoms with E-state index in [0.717, 1.165) is 6.42 Å². The summed E-state index contributed by atoms with van der Waals surface area (Å²) in [6, 6.07) is 21.5. The highest BCUT2D eigenvalue weighted by atomic mass is 28.4. The van der Waals surface area contributed by atoms with Gasteiger partial charge in [0.25, 0.3) is 8.32 Å². The van der Waals surface area contributed by atoms with Crippen molar-refractivity contribution >= 4 is 18.7 Å². The lowest BCUT2D eigenvalue weighted by atomic mass is 9.96. The van der Waals surface area contributed by atoms with E-state index in [4.69, 9.17) is 18.6 Å². The van der Waals surface area contributed by atoms with Crippen LogP contribution in [0.25, 0.3) is 0 Å². The van der Waals surface area contributed by atoms with E-state index < -0.39 is 14.1 Å². The molecule has 4 nitrogen and oxygen atoms in total. The van der Waals surface area contributed by atoms with Crippen LogP contribution in [-0.4, -0.2) is 39.2 Å². The summed E-state index contributed by atoms with van der Waals surface area (Å²) in [5.74, 6) is -0.336. The molecule has 0 bridgehead atoms. The van der Waals surface area contributed by atoms with Gasteiger partial charge in [0.05, 0.1) is 12.7 Å². The molecule has 0 unspecified atom stereocenters. The van der Waals surface area contributed by atoms with Crippen molar-refractivity contribution in [2.45, 2.75) is 77.3 Å². The standard InChI is InChI=1S/C26H36O4Si/c1-7-21-22(28-24-23(21)29-26(5,6)30-24)18-27-31(25(2,3)4,19-14-10-8-11-15-19)20-16-12-9-13-17-20/h8-17,21-24H,7,18H2,1-6H3/t21-,22-,23-,24-/m1/s1. The summed E-state index contributed by atoms with van der Waals surface area (Å²) >= 11 is 0. The molecule has 168 valence electrons. The number of rotatable bonds is 6. The Balaban J connectivity index is 1.67. The second kappa shape index (κ2) is 8.45. The molecule has 0 aromatic heterocycles. The van der Waals surface area contributed by atoms with Gasteiger partial charge in [-0.15, -0.1) is 0 Å². The van der Waals surface area contributed by atoms with E-state index in [0.29, 0.717) is 6.61 Å². The highest BCUT2D eigenvalue weighted by Gasteiger charge is 2.56. The first kappa shape index (κ1) is 22.7. The highest BCUT2D eigenvalue weighted by Crippen LogP contribution is 2.43. The molecule has 0 N–H and O–H groups in total. The van der Waals surface area contributed by atoms with Gasteiger partial charge in [0.2, 0.25) is 0 Å². The van der Waals surface area contributed by atoms with E-state index in [1.165, 1.54) is 10.4 Å². The van der Waals surface area contributed by atoms with Crippen molar-refractivity contribution in [1.29, 1.82) is 0 Å². The molecular weight excluding hydrogens is 404 g/mol. The van der Waals surface area contributed by atoms with Crippen molar-refractivity contribution in [2.24, 2.45) is 5.92 Å². The van der Waals surface area contributed by atoms with Gasteiger partial charge in [-0.2, -0.15) is 0 Å². The fourth-order valence-electron chi connectivity index (χ4n) is 5.26. The van der Waals surface area contributed by atoms with Crippen LogP contribution in [0, 0.1) is 5.92 Å². The Bertz CT molecular complexity index is 822. The van der Waals surface area contributed by atoms with E-state index in [1.807, 2.05) is 13.8 Å². The lowest BCUT2D eigenvalue weighted by molar-refractivity contribution is -0.212. The van der Waals surface area contributed by atoms with E-state index in [9.17, 15) is 0 Å². The second-order valence-corrected chi connectivity index (χ2v) is 14.5. The highest BCUT2D eigenvalue weighted by molar-refractivity contribution is 6.99. The van der Waals surface area contributed by atoms with Gasteiger partial charge in [0, 0.05) is 5.92 Å². The van der Waals surface area contributed by atoms with Crippen molar-refractivity contribution < 1.29 is 18.6 Å². The van der Waals surface area contributed by atoms with Gasteiger partial charge >= 0.3 is 0 Å². The van der Waals surface area contributed by atoms with Crippen LogP contribution in [0.1, 0.15) is 48.0 Å². The Kier molecular flexibility index (Phi) is 6.18. The van der Waals surface area contributed by atoms with Crippen LogP contribution >= 0.6 is 0 Å². The third-order valence-electron chi connectivity index (χ3n) is 6.65. The lowest BCUT2D eigenvalue weighted by Crippen LogP contribution is -2.67. The van der Waals surface area contributed by atoms with Crippen LogP contribution in [0.15, 0.2) is 60.7 Å². The van der Waals surface area contributed by atoms with E-state index >= 15 is 0 Å².